The first-order chi connectivity index (χ1) is 14.1. The highest BCUT2D eigenvalue weighted by atomic mass is 16.5. The number of aryl methyl sites for hydroxylation is 1. The summed E-state index contributed by atoms with van der Waals surface area (Å²) >= 11 is 0. The van der Waals surface area contributed by atoms with Crippen LogP contribution < -0.4 is 19.5 Å². The Balaban J connectivity index is 1.87. The lowest BCUT2D eigenvalue weighted by atomic mass is 9.99. The maximum atomic E-state index is 13.2. The van der Waals surface area contributed by atoms with Crippen molar-refractivity contribution in [3.63, 3.8) is 0 Å². The Morgan fingerprint density at radius 3 is 2.34 bits per heavy atom. The first-order valence-electron chi connectivity index (χ1n) is 10.0. The van der Waals surface area contributed by atoms with E-state index in [2.05, 4.69) is 36.5 Å². The number of urea groups is 1. The Kier molecular flexibility index (Phi) is 6.86. The van der Waals surface area contributed by atoms with Gasteiger partial charge in [0.2, 0.25) is 5.75 Å². The molecule has 0 saturated carbocycles. The standard InChI is InChI=1S/C23H30N2O4/c1-16-9-8-10-17(13-16)19-11-6-5-7-12-25(19)23(26)24-18-14-20(27-2)22(29-4)21(15-18)28-3/h8-10,13-15,19H,5-7,11-12H2,1-4H3,(H,24,26)/t19-/m1/s1. The maximum absolute atomic E-state index is 13.2. The lowest BCUT2D eigenvalue weighted by Gasteiger charge is -2.31. The van der Waals surface area contributed by atoms with Crippen molar-refractivity contribution in [2.24, 2.45) is 0 Å². The van der Waals surface area contributed by atoms with Crippen LogP contribution in [-0.2, 0) is 0 Å². The van der Waals surface area contributed by atoms with Gasteiger partial charge < -0.3 is 24.4 Å². The first-order valence-corrected chi connectivity index (χ1v) is 10.0. The van der Waals surface area contributed by atoms with Gasteiger partial charge in [-0.1, -0.05) is 42.7 Å². The van der Waals surface area contributed by atoms with Crippen LogP contribution in [0.4, 0.5) is 10.5 Å². The lowest BCUT2D eigenvalue weighted by Crippen LogP contribution is -2.38. The summed E-state index contributed by atoms with van der Waals surface area (Å²) in [6.07, 6.45) is 4.22. The van der Waals surface area contributed by atoms with Crippen molar-refractivity contribution in [2.45, 2.75) is 38.6 Å². The van der Waals surface area contributed by atoms with E-state index in [9.17, 15) is 4.79 Å². The Morgan fingerprint density at radius 2 is 1.72 bits per heavy atom. The molecule has 1 fully saturated rings. The molecule has 0 spiro atoms. The summed E-state index contributed by atoms with van der Waals surface area (Å²) in [5.74, 6) is 1.52. The van der Waals surface area contributed by atoms with Crippen LogP contribution in [0.1, 0.15) is 42.9 Å². The maximum Gasteiger partial charge on any atom is 0.322 e. The molecule has 0 bridgehead atoms. The first kappa shape index (κ1) is 20.8. The van der Waals surface area contributed by atoms with E-state index in [1.54, 1.807) is 33.5 Å². The molecule has 0 radical (unpaired) electrons. The minimum Gasteiger partial charge on any atom is -0.493 e. The van der Waals surface area contributed by atoms with Gasteiger partial charge in [-0.2, -0.15) is 0 Å². The number of nitrogens with zero attached hydrogens (tertiary/aromatic N) is 1. The predicted octanol–water partition coefficient (Wildman–Crippen LogP) is 5.17. The third-order valence-corrected chi connectivity index (χ3v) is 5.36. The van der Waals surface area contributed by atoms with Crippen molar-refractivity contribution in [1.82, 2.24) is 4.90 Å². The number of anilines is 1. The summed E-state index contributed by atoms with van der Waals surface area (Å²) in [4.78, 5) is 15.2. The summed E-state index contributed by atoms with van der Waals surface area (Å²) < 4.78 is 16.2. The second-order valence-electron chi connectivity index (χ2n) is 7.32. The number of likely N-dealkylation sites (tertiary alicyclic amines) is 1. The van der Waals surface area contributed by atoms with Gasteiger partial charge in [0, 0.05) is 18.7 Å². The quantitative estimate of drug-likeness (QED) is 0.755. The molecular weight excluding hydrogens is 368 g/mol. The number of carbonyl (C=O) groups excluding carboxylic acids is 1. The molecule has 2 aromatic rings. The molecule has 1 atom stereocenters. The van der Waals surface area contributed by atoms with E-state index in [0.29, 0.717) is 22.9 Å². The van der Waals surface area contributed by atoms with Crippen LogP contribution in [0.5, 0.6) is 17.2 Å². The Labute approximate surface area is 172 Å². The summed E-state index contributed by atoms with van der Waals surface area (Å²) in [6.45, 7) is 2.81. The molecule has 1 N–H and O–H groups in total. The second-order valence-corrected chi connectivity index (χ2v) is 7.32. The topological polar surface area (TPSA) is 60.0 Å². The van der Waals surface area contributed by atoms with Crippen molar-refractivity contribution < 1.29 is 19.0 Å². The number of nitrogens with one attached hydrogen (secondary N) is 1. The van der Waals surface area contributed by atoms with Gasteiger partial charge in [0.15, 0.2) is 11.5 Å². The second kappa shape index (κ2) is 9.54. The van der Waals surface area contributed by atoms with Gasteiger partial charge >= 0.3 is 6.03 Å². The third-order valence-electron chi connectivity index (χ3n) is 5.36. The van der Waals surface area contributed by atoms with Crippen LogP contribution in [0.15, 0.2) is 36.4 Å². The molecule has 0 aromatic heterocycles. The number of rotatable bonds is 5. The van der Waals surface area contributed by atoms with Crippen LogP contribution in [0.3, 0.4) is 0 Å². The van der Waals surface area contributed by atoms with Crippen LogP contribution in [0.25, 0.3) is 0 Å². The molecule has 1 aliphatic rings. The van der Waals surface area contributed by atoms with E-state index in [1.807, 2.05) is 4.90 Å². The minimum absolute atomic E-state index is 0.0689. The number of benzene rings is 2. The molecule has 6 nitrogen and oxygen atoms in total. The third kappa shape index (κ3) is 4.75. The zero-order valence-electron chi connectivity index (χ0n) is 17.7. The largest absolute Gasteiger partial charge is 0.493 e. The van der Waals surface area contributed by atoms with Gasteiger partial charge in [0.1, 0.15) is 0 Å². The molecule has 29 heavy (non-hydrogen) atoms. The Hall–Kier alpha value is -2.89. The van der Waals surface area contributed by atoms with Crippen molar-refractivity contribution >= 4 is 11.7 Å². The summed E-state index contributed by atoms with van der Waals surface area (Å²) in [7, 11) is 4.68. The minimum atomic E-state index is -0.118. The Morgan fingerprint density at radius 1 is 1.00 bits per heavy atom. The van der Waals surface area contributed by atoms with Gasteiger partial charge in [-0.25, -0.2) is 4.79 Å². The molecule has 156 valence electrons. The van der Waals surface area contributed by atoms with Crippen LogP contribution in [0.2, 0.25) is 0 Å². The SMILES string of the molecule is COc1cc(NC(=O)N2CCCCC[C@@H]2c2cccc(C)c2)cc(OC)c1OC. The zero-order chi connectivity index (χ0) is 20.8. The van der Waals surface area contributed by atoms with E-state index < -0.39 is 0 Å². The van der Waals surface area contributed by atoms with Gasteiger partial charge in [0.25, 0.3) is 0 Å². The van der Waals surface area contributed by atoms with E-state index >= 15 is 0 Å². The van der Waals surface area contributed by atoms with E-state index in [4.69, 9.17) is 14.2 Å². The molecule has 6 heteroatoms. The number of methoxy groups -OCH3 is 3. The van der Waals surface area contributed by atoms with Crippen molar-refractivity contribution in [3.8, 4) is 17.2 Å². The van der Waals surface area contributed by atoms with E-state index in [-0.39, 0.29) is 12.1 Å². The molecule has 3 rings (SSSR count). The number of carbonyl (C=O) groups is 1. The number of ether oxygens (including phenoxy) is 3. The highest BCUT2D eigenvalue weighted by Crippen LogP contribution is 2.40. The fourth-order valence-electron chi connectivity index (χ4n) is 3.92. The van der Waals surface area contributed by atoms with Crippen molar-refractivity contribution in [3.05, 3.63) is 47.5 Å². The van der Waals surface area contributed by atoms with Gasteiger partial charge in [-0.05, 0) is 25.3 Å². The molecule has 0 unspecified atom stereocenters. The molecule has 0 aliphatic carbocycles. The van der Waals surface area contributed by atoms with Gasteiger partial charge in [0.05, 0.1) is 33.1 Å². The summed E-state index contributed by atoms with van der Waals surface area (Å²) in [5, 5.41) is 3.03. The number of hydrogen-bond acceptors (Lipinski definition) is 4. The molecule has 1 heterocycles. The highest BCUT2D eigenvalue weighted by molar-refractivity contribution is 5.90. The van der Waals surface area contributed by atoms with Gasteiger partial charge in [-0.3, -0.25) is 0 Å². The monoisotopic (exact) mass is 398 g/mol. The van der Waals surface area contributed by atoms with E-state index in [1.165, 1.54) is 11.1 Å². The Bertz CT molecular complexity index is 828. The highest BCUT2D eigenvalue weighted by Gasteiger charge is 2.27. The number of amides is 2. The van der Waals surface area contributed by atoms with Crippen LogP contribution >= 0.6 is 0 Å². The average Bonchev–Trinajstić information content (AvgIpc) is 2.99. The van der Waals surface area contributed by atoms with Crippen LogP contribution in [0, 0.1) is 6.92 Å². The van der Waals surface area contributed by atoms with Gasteiger partial charge in [-0.15, -0.1) is 0 Å². The van der Waals surface area contributed by atoms with Crippen molar-refractivity contribution in [1.29, 1.82) is 0 Å². The number of hydrogen-bond donors (Lipinski definition) is 1. The summed E-state index contributed by atoms with van der Waals surface area (Å²) in [5.41, 5.74) is 3.00. The predicted molar refractivity (Wildman–Crippen MR) is 114 cm³/mol. The molecular formula is C23H30N2O4. The van der Waals surface area contributed by atoms with Crippen LogP contribution in [-0.4, -0.2) is 38.8 Å². The fraction of sp³-hybridized carbons (Fsp3) is 0.435. The molecule has 1 saturated heterocycles. The summed E-state index contributed by atoms with van der Waals surface area (Å²) in [6, 6.07) is 11.9. The smallest absolute Gasteiger partial charge is 0.322 e. The lowest BCUT2D eigenvalue weighted by molar-refractivity contribution is 0.189. The molecule has 2 aromatic carbocycles. The fourth-order valence-corrected chi connectivity index (χ4v) is 3.92. The molecule has 2 amide bonds. The zero-order valence-corrected chi connectivity index (χ0v) is 17.7. The van der Waals surface area contributed by atoms with Crippen molar-refractivity contribution in [2.75, 3.05) is 33.2 Å². The molecule has 1 aliphatic heterocycles. The average molecular weight is 399 g/mol. The van der Waals surface area contributed by atoms with E-state index in [0.717, 1.165) is 32.2 Å². The normalized spacial score (nSPS) is 16.7.